The minimum atomic E-state index is -0.551. The van der Waals surface area contributed by atoms with Crippen LogP contribution >= 0.6 is 0 Å². The van der Waals surface area contributed by atoms with Crippen LogP contribution in [0.1, 0.15) is 6.92 Å². The molecule has 3 aromatic carbocycles. The normalized spacial score (nSPS) is 14.1. The maximum Gasteiger partial charge on any atom is 0.250 e. The van der Waals surface area contributed by atoms with E-state index in [0.717, 1.165) is 65.8 Å². The number of hydrogen-bond acceptors (Lipinski definition) is 6. The third-order valence-electron chi connectivity index (χ3n) is 5.88. The minimum absolute atomic E-state index is 0.488. The molecule has 0 bridgehead atoms. The van der Waals surface area contributed by atoms with Gasteiger partial charge < -0.3 is 20.3 Å². The summed E-state index contributed by atoms with van der Waals surface area (Å²) in [6.45, 7) is 4.50. The molecule has 0 atom stereocenters. The summed E-state index contributed by atoms with van der Waals surface area (Å²) in [5, 5.41) is 6.88. The number of morpholine rings is 1. The Hall–Kier alpha value is -4.30. The SMILES string of the molecule is C/C(F)=C/C(=O)Nc1cccc(-c2cccc3cnc(Nc4ccc(N5CCOCC5)cc4)nc23)c1. The van der Waals surface area contributed by atoms with Crippen molar-refractivity contribution in [2.75, 3.05) is 41.8 Å². The zero-order chi connectivity index (χ0) is 24.9. The zero-order valence-corrected chi connectivity index (χ0v) is 19.9. The molecule has 1 aliphatic rings. The first-order chi connectivity index (χ1) is 17.5. The van der Waals surface area contributed by atoms with Crippen LogP contribution in [0.4, 0.5) is 27.4 Å². The van der Waals surface area contributed by atoms with Crippen molar-refractivity contribution < 1.29 is 13.9 Å². The van der Waals surface area contributed by atoms with Crippen LogP contribution in [0, 0.1) is 0 Å². The first kappa shape index (κ1) is 23.4. The van der Waals surface area contributed by atoms with E-state index in [4.69, 9.17) is 9.72 Å². The van der Waals surface area contributed by atoms with Gasteiger partial charge in [-0.05, 0) is 48.9 Å². The summed E-state index contributed by atoms with van der Waals surface area (Å²) in [4.78, 5) is 23.5. The second-order valence-corrected chi connectivity index (χ2v) is 8.51. The standard InChI is InChI=1S/C28H26FN5O2/c1-19(29)16-26(35)31-23-6-2-4-20(17-23)25-7-3-5-21-18-30-28(33-27(21)25)32-22-8-10-24(11-9-22)34-12-14-36-15-13-34/h2-11,16-18H,12-15H2,1H3,(H,31,35)(H,30,32,33)/b19-16-. The summed E-state index contributed by atoms with van der Waals surface area (Å²) in [5.74, 6) is -0.578. The van der Waals surface area contributed by atoms with Crippen LogP contribution in [0.3, 0.4) is 0 Å². The van der Waals surface area contributed by atoms with E-state index in [1.54, 1.807) is 12.3 Å². The highest BCUT2D eigenvalue weighted by molar-refractivity contribution is 6.00. The van der Waals surface area contributed by atoms with Gasteiger partial charge in [0.2, 0.25) is 5.95 Å². The van der Waals surface area contributed by atoms with Gasteiger partial charge in [0.1, 0.15) is 5.83 Å². The molecule has 2 heterocycles. The second kappa shape index (κ2) is 10.5. The van der Waals surface area contributed by atoms with Gasteiger partial charge in [-0.25, -0.2) is 14.4 Å². The van der Waals surface area contributed by atoms with E-state index in [1.807, 2.05) is 48.5 Å². The number of allylic oxidation sites excluding steroid dienone is 1. The molecular weight excluding hydrogens is 457 g/mol. The Labute approximate surface area is 208 Å². The minimum Gasteiger partial charge on any atom is -0.378 e. The van der Waals surface area contributed by atoms with Crippen molar-refractivity contribution >= 4 is 39.8 Å². The van der Waals surface area contributed by atoms with E-state index in [1.165, 1.54) is 6.92 Å². The summed E-state index contributed by atoms with van der Waals surface area (Å²) < 4.78 is 18.5. The number of nitrogens with zero attached hydrogens (tertiary/aromatic N) is 3. The molecule has 1 saturated heterocycles. The molecule has 0 saturated carbocycles. The lowest BCUT2D eigenvalue weighted by Crippen LogP contribution is -2.36. The number of anilines is 4. The largest absolute Gasteiger partial charge is 0.378 e. The van der Waals surface area contributed by atoms with E-state index in [2.05, 4.69) is 32.7 Å². The van der Waals surface area contributed by atoms with Crippen molar-refractivity contribution in [1.82, 2.24) is 9.97 Å². The number of ether oxygens (including phenoxy) is 1. The van der Waals surface area contributed by atoms with Gasteiger partial charge in [-0.1, -0.05) is 30.3 Å². The van der Waals surface area contributed by atoms with Crippen LogP contribution in [0.2, 0.25) is 0 Å². The average molecular weight is 484 g/mol. The van der Waals surface area contributed by atoms with Gasteiger partial charge in [-0.2, -0.15) is 0 Å². The summed E-state index contributed by atoms with van der Waals surface area (Å²) in [5.41, 5.74) is 5.18. The third kappa shape index (κ3) is 5.50. The molecule has 5 rings (SSSR count). The van der Waals surface area contributed by atoms with Gasteiger partial charge in [0.05, 0.1) is 18.7 Å². The van der Waals surface area contributed by atoms with Gasteiger partial charge in [0.25, 0.3) is 5.91 Å². The maximum atomic E-state index is 13.0. The molecule has 0 radical (unpaired) electrons. The Morgan fingerprint density at radius 3 is 2.58 bits per heavy atom. The molecule has 1 aliphatic heterocycles. The quantitative estimate of drug-likeness (QED) is 0.343. The van der Waals surface area contributed by atoms with E-state index < -0.39 is 11.7 Å². The van der Waals surface area contributed by atoms with Crippen LogP contribution < -0.4 is 15.5 Å². The second-order valence-electron chi connectivity index (χ2n) is 8.51. The van der Waals surface area contributed by atoms with E-state index >= 15 is 0 Å². The summed E-state index contributed by atoms with van der Waals surface area (Å²) in [7, 11) is 0. The molecule has 1 amide bonds. The van der Waals surface area contributed by atoms with Crippen molar-refractivity contribution in [3.63, 3.8) is 0 Å². The lowest BCUT2D eigenvalue weighted by atomic mass is 10.0. The number of carbonyl (C=O) groups is 1. The summed E-state index contributed by atoms with van der Waals surface area (Å²) in [6, 6.07) is 21.5. The number of fused-ring (bicyclic) bond motifs is 1. The Balaban J connectivity index is 1.39. The Morgan fingerprint density at radius 2 is 1.81 bits per heavy atom. The Bertz CT molecular complexity index is 1410. The Kier molecular flexibility index (Phi) is 6.86. The highest BCUT2D eigenvalue weighted by atomic mass is 19.1. The van der Waals surface area contributed by atoms with Crippen molar-refractivity contribution in [2.45, 2.75) is 6.92 Å². The highest BCUT2D eigenvalue weighted by Crippen LogP contribution is 2.30. The third-order valence-corrected chi connectivity index (χ3v) is 5.88. The van der Waals surface area contributed by atoms with E-state index in [0.29, 0.717) is 11.6 Å². The number of benzene rings is 3. The number of aromatic nitrogens is 2. The number of para-hydroxylation sites is 1. The Morgan fingerprint density at radius 1 is 1.03 bits per heavy atom. The number of carbonyl (C=O) groups excluding carboxylic acids is 1. The molecular formula is C28H26FN5O2. The van der Waals surface area contributed by atoms with Gasteiger partial charge in [-0.15, -0.1) is 0 Å². The lowest BCUT2D eigenvalue weighted by Gasteiger charge is -2.28. The van der Waals surface area contributed by atoms with Crippen molar-refractivity contribution in [2.24, 2.45) is 0 Å². The number of hydrogen-bond donors (Lipinski definition) is 2. The molecule has 2 N–H and O–H groups in total. The molecule has 0 spiro atoms. The smallest absolute Gasteiger partial charge is 0.250 e. The van der Waals surface area contributed by atoms with Crippen molar-refractivity contribution in [3.8, 4) is 11.1 Å². The fraction of sp³-hybridized carbons (Fsp3) is 0.179. The van der Waals surface area contributed by atoms with Crippen LogP contribution in [-0.2, 0) is 9.53 Å². The van der Waals surface area contributed by atoms with Crippen LogP contribution in [-0.4, -0.2) is 42.2 Å². The topological polar surface area (TPSA) is 79.4 Å². The molecule has 1 aromatic heterocycles. The van der Waals surface area contributed by atoms with Gasteiger partial charge in [0, 0.05) is 53.4 Å². The molecule has 0 unspecified atom stereocenters. The van der Waals surface area contributed by atoms with Crippen LogP contribution in [0.5, 0.6) is 0 Å². The lowest BCUT2D eigenvalue weighted by molar-refractivity contribution is -0.112. The predicted octanol–water partition coefficient (Wildman–Crippen LogP) is 5.69. The molecule has 8 heteroatoms. The van der Waals surface area contributed by atoms with Crippen LogP contribution in [0.25, 0.3) is 22.0 Å². The summed E-state index contributed by atoms with van der Waals surface area (Å²) in [6.07, 6.45) is 2.71. The molecule has 0 aliphatic carbocycles. The average Bonchev–Trinajstić information content (AvgIpc) is 2.89. The number of halogens is 1. The fourth-order valence-corrected chi connectivity index (χ4v) is 4.18. The van der Waals surface area contributed by atoms with E-state index in [-0.39, 0.29) is 0 Å². The molecule has 36 heavy (non-hydrogen) atoms. The number of nitrogens with one attached hydrogen (secondary N) is 2. The zero-order valence-electron chi connectivity index (χ0n) is 19.9. The number of rotatable bonds is 6. The molecule has 7 nitrogen and oxygen atoms in total. The predicted molar refractivity (Wildman–Crippen MR) is 141 cm³/mol. The molecule has 1 fully saturated rings. The first-order valence-corrected chi connectivity index (χ1v) is 11.8. The highest BCUT2D eigenvalue weighted by Gasteiger charge is 2.12. The van der Waals surface area contributed by atoms with Crippen molar-refractivity contribution in [3.05, 3.63) is 84.8 Å². The van der Waals surface area contributed by atoms with Gasteiger partial charge in [0.15, 0.2) is 0 Å². The van der Waals surface area contributed by atoms with Crippen LogP contribution in [0.15, 0.2) is 84.8 Å². The summed E-state index contributed by atoms with van der Waals surface area (Å²) >= 11 is 0. The first-order valence-electron chi connectivity index (χ1n) is 11.8. The monoisotopic (exact) mass is 483 g/mol. The van der Waals surface area contributed by atoms with Gasteiger partial charge >= 0.3 is 0 Å². The van der Waals surface area contributed by atoms with Crippen molar-refractivity contribution in [1.29, 1.82) is 0 Å². The molecule has 4 aromatic rings. The van der Waals surface area contributed by atoms with E-state index in [9.17, 15) is 9.18 Å². The fourth-order valence-electron chi connectivity index (χ4n) is 4.18. The van der Waals surface area contributed by atoms with Gasteiger partial charge in [-0.3, -0.25) is 4.79 Å². The number of amides is 1. The maximum absolute atomic E-state index is 13.0. The molecule has 182 valence electrons.